The third-order valence-corrected chi connectivity index (χ3v) is 3.83. The van der Waals surface area contributed by atoms with E-state index in [1.54, 1.807) is 7.05 Å². The summed E-state index contributed by atoms with van der Waals surface area (Å²) >= 11 is 0. The molecule has 3 heterocycles. The number of aromatic nitrogens is 4. The molecular weight excluding hydrogens is 246 g/mol. The Bertz CT molecular complexity index is 718. The van der Waals surface area contributed by atoms with Crippen molar-refractivity contribution in [2.45, 2.75) is 19.8 Å². The van der Waals surface area contributed by atoms with Crippen molar-refractivity contribution >= 4 is 17.1 Å². The topological polar surface area (TPSA) is 86.8 Å². The van der Waals surface area contributed by atoms with Gasteiger partial charge in [0.2, 0.25) is 5.95 Å². The molecule has 0 radical (unpaired) electrons. The van der Waals surface area contributed by atoms with E-state index >= 15 is 0 Å². The maximum absolute atomic E-state index is 11.7. The summed E-state index contributed by atoms with van der Waals surface area (Å²) in [6.45, 7) is 4.09. The minimum atomic E-state index is -0.442. The number of hydrogen-bond acceptors (Lipinski definition) is 4. The second kappa shape index (κ2) is 4.25. The first kappa shape index (κ1) is 12.0. The molecule has 0 saturated carbocycles. The molecule has 0 aromatic carbocycles. The summed E-state index contributed by atoms with van der Waals surface area (Å²) in [4.78, 5) is 35.1. The molecule has 0 aliphatic carbocycles. The van der Waals surface area contributed by atoms with Crippen molar-refractivity contribution in [1.29, 1.82) is 0 Å². The first-order chi connectivity index (χ1) is 9.06. The average molecular weight is 263 g/mol. The molecule has 19 heavy (non-hydrogen) atoms. The fourth-order valence-electron chi connectivity index (χ4n) is 2.46. The minimum absolute atomic E-state index is 0.357. The molecule has 2 N–H and O–H groups in total. The highest BCUT2D eigenvalue weighted by Gasteiger charge is 2.20. The average Bonchev–Trinajstić information content (AvgIpc) is 2.83. The number of hydrogen-bond donors (Lipinski definition) is 2. The molecule has 0 spiro atoms. The fourth-order valence-corrected chi connectivity index (χ4v) is 2.46. The summed E-state index contributed by atoms with van der Waals surface area (Å²) in [6, 6.07) is 0. The second-order valence-corrected chi connectivity index (χ2v) is 5.25. The van der Waals surface area contributed by atoms with Crippen molar-refractivity contribution in [2.24, 2.45) is 13.0 Å². The lowest BCUT2D eigenvalue weighted by molar-refractivity contribution is 0.435. The van der Waals surface area contributed by atoms with Gasteiger partial charge in [0.05, 0.1) is 0 Å². The van der Waals surface area contributed by atoms with Gasteiger partial charge in [0, 0.05) is 20.1 Å². The zero-order valence-electron chi connectivity index (χ0n) is 11.1. The lowest BCUT2D eigenvalue weighted by Crippen LogP contribution is -2.33. The van der Waals surface area contributed by atoms with Gasteiger partial charge < -0.3 is 9.88 Å². The van der Waals surface area contributed by atoms with Crippen LogP contribution in [0.2, 0.25) is 0 Å². The molecule has 1 fully saturated rings. The highest BCUT2D eigenvalue weighted by atomic mass is 16.2. The van der Waals surface area contributed by atoms with Crippen LogP contribution in [0.4, 0.5) is 5.95 Å². The molecule has 1 aliphatic heterocycles. The molecule has 1 aliphatic rings. The van der Waals surface area contributed by atoms with Crippen LogP contribution in [0.3, 0.4) is 0 Å². The van der Waals surface area contributed by atoms with Crippen LogP contribution in [0.1, 0.15) is 19.8 Å². The molecule has 0 bridgehead atoms. The van der Waals surface area contributed by atoms with E-state index < -0.39 is 11.2 Å². The Balaban J connectivity index is 2.07. The maximum atomic E-state index is 11.7. The van der Waals surface area contributed by atoms with Crippen LogP contribution in [0, 0.1) is 5.92 Å². The Kier molecular flexibility index (Phi) is 2.69. The molecule has 102 valence electrons. The zero-order valence-corrected chi connectivity index (χ0v) is 11.1. The van der Waals surface area contributed by atoms with Gasteiger partial charge in [-0.3, -0.25) is 14.3 Å². The van der Waals surface area contributed by atoms with Gasteiger partial charge in [-0.15, -0.1) is 0 Å². The number of H-pyrrole nitrogens is 2. The second-order valence-electron chi connectivity index (χ2n) is 5.25. The van der Waals surface area contributed by atoms with Gasteiger partial charge >= 0.3 is 5.69 Å². The fraction of sp³-hybridized carbons (Fsp3) is 0.583. The number of nitrogens with one attached hydrogen (secondary N) is 2. The Labute approximate surface area is 109 Å². The van der Waals surface area contributed by atoms with Gasteiger partial charge in [-0.1, -0.05) is 6.92 Å². The number of anilines is 1. The van der Waals surface area contributed by atoms with Gasteiger partial charge in [0.15, 0.2) is 11.2 Å². The van der Waals surface area contributed by atoms with Crippen LogP contribution in [-0.4, -0.2) is 32.6 Å². The van der Waals surface area contributed by atoms with Gasteiger partial charge in [0.1, 0.15) is 0 Å². The van der Waals surface area contributed by atoms with Gasteiger partial charge in [0.25, 0.3) is 5.56 Å². The molecule has 1 saturated heterocycles. The van der Waals surface area contributed by atoms with Crippen LogP contribution in [-0.2, 0) is 7.05 Å². The molecule has 2 aromatic rings. The van der Waals surface area contributed by atoms with Crippen molar-refractivity contribution in [3.05, 3.63) is 20.8 Å². The van der Waals surface area contributed by atoms with Crippen molar-refractivity contribution in [1.82, 2.24) is 19.5 Å². The molecule has 2 aromatic heterocycles. The number of piperidine rings is 1. The Morgan fingerprint density at radius 1 is 1.21 bits per heavy atom. The standard InChI is InChI=1S/C12H17N5O2/c1-7-3-5-17(6-4-7)11-13-8-9(14-11)16(2)12(19)15-10(8)18/h7H,3-6H2,1-2H3,(H,13,14)(H,15,18,19). The maximum Gasteiger partial charge on any atom is 0.329 e. The van der Waals surface area contributed by atoms with Crippen molar-refractivity contribution in [3.63, 3.8) is 0 Å². The summed E-state index contributed by atoms with van der Waals surface area (Å²) in [5, 5.41) is 0. The first-order valence-corrected chi connectivity index (χ1v) is 6.50. The highest BCUT2D eigenvalue weighted by Crippen LogP contribution is 2.21. The monoisotopic (exact) mass is 263 g/mol. The smallest absolute Gasteiger partial charge is 0.329 e. The van der Waals surface area contributed by atoms with Crippen molar-refractivity contribution in [2.75, 3.05) is 18.0 Å². The first-order valence-electron chi connectivity index (χ1n) is 6.50. The third-order valence-electron chi connectivity index (χ3n) is 3.83. The SMILES string of the molecule is CC1CCN(c2nc3c([nH]2)c(=O)[nH]c(=O)n3C)CC1. The zero-order chi connectivity index (χ0) is 13.6. The summed E-state index contributed by atoms with van der Waals surface area (Å²) in [5.41, 5.74) is -0.0943. The third kappa shape index (κ3) is 1.94. The van der Waals surface area contributed by atoms with E-state index in [1.807, 2.05) is 0 Å². The van der Waals surface area contributed by atoms with E-state index in [9.17, 15) is 9.59 Å². The molecule has 0 atom stereocenters. The molecule has 7 nitrogen and oxygen atoms in total. The lowest BCUT2D eigenvalue weighted by Gasteiger charge is -2.29. The van der Waals surface area contributed by atoms with E-state index in [1.165, 1.54) is 4.57 Å². The minimum Gasteiger partial charge on any atom is -0.342 e. The summed E-state index contributed by atoms with van der Waals surface area (Å²) < 4.78 is 1.35. The van der Waals surface area contributed by atoms with Crippen LogP contribution < -0.4 is 16.1 Å². The van der Waals surface area contributed by atoms with E-state index in [0.717, 1.165) is 31.8 Å². The van der Waals surface area contributed by atoms with Gasteiger partial charge in [-0.05, 0) is 18.8 Å². The normalized spacial score (nSPS) is 17.3. The van der Waals surface area contributed by atoms with E-state index in [0.29, 0.717) is 17.1 Å². The van der Waals surface area contributed by atoms with E-state index in [2.05, 4.69) is 26.8 Å². The molecule has 7 heteroatoms. The number of aryl methyl sites for hydroxylation is 1. The molecule has 0 unspecified atom stereocenters. The Morgan fingerprint density at radius 2 is 1.89 bits per heavy atom. The van der Waals surface area contributed by atoms with Crippen LogP contribution in [0.5, 0.6) is 0 Å². The number of nitrogens with zero attached hydrogens (tertiary/aromatic N) is 3. The summed E-state index contributed by atoms with van der Waals surface area (Å²) in [5.74, 6) is 1.40. The predicted octanol–water partition coefficient (Wildman–Crippen LogP) is 0.186. The molecular formula is C12H17N5O2. The molecule has 3 rings (SSSR count). The number of aromatic amines is 2. The predicted molar refractivity (Wildman–Crippen MR) is 72.6 cm³/mol. The van der Waals surface area contributed by atoms with Crippen molar-refractivity contribution in [3.8, 4) is 0 Å². The van der Waals surface area contributed by atoms with Crippen LogP contribution in [0.25, 0.3) is 11.2 Å². The van der Waals surface area contributed by atoms with Gasteiger partial charge in [-0.25, -0.2) is 4.79 Å². The quantitative estimate of drug-likeness (QED) is 0.768. The summed E-state index contributed by atoms with van der Waals surface area (Å²) in [6.07, 6.45) is 2.23. The Hall–Kier alpha value is -2.05. The summed E-state index contributed by atoms with van der Waals surface area (Å²) in [7, 11) is 1.60. The molecule has 0 amide bonds. The highest BCUT2D eigenvalue weighted by molar-refractivity contribution is 5.72. The van der Waals surface area contributed by atoms with E-state index in [4.69, 9.17) is 0 Å². The number of rotatable bonds is 1. The lowest BCUT2D eigenvalue weighted by atomic mass is 10.00. The van der Waals surface area contributed by atoms with Crippen LogP contribution in [0.15, 0.2) is 9.59 Å². The Morgan fingerprint density at radius 3 is 2.58 bits per heavy atom. The van der Waals surface area contributed by atoms with Crippen molar-refractivity contribution < 1.29 is 0 Å². The largest absolute Gasteiger partial charge is 0.342 e. The van der Waals surface area contributed by atoms with Gasteiger partial charge in [-0.2, -0.15) is 4.98 Å². The number of imidazole rings is 1. The number of fused-ring (bicyclic) bond motifs is 1. The van der Waals surface area contributed by atoms with Crippen LogP contribution >= 0.6 is 0 Å². The van der Waals surface area contributed by atoms with E-state index in [-0.39, 0.29) is 0 Å².